The molecule has 0 saturated heterocycles. The molecule has 2 aromatic heterocycles. The van der Waals surface area contributed by atoms with Crippen molar-refractivity contribution < 1.29 is 4.74 Å². The Morgan fingerprint density at radius 3 is 2.88 bits per heavy atom. The molecular weight excluding hydrogens is 370 g/mol. The molecule has 0 atom stereocenters. The number of ether oxygens (including phenoxy) is 1. The van der Waals surface area contributed by atoms with Gasteiger partial charge < -0.3 is 9.30 Å². The Bertz CT molecular complexity index is 811. The second-order valence-electron chi connectivity index (χ2n) is 7.38. The van der Waals surface area contributed by atoms with Crippen LogP contribution in [0.1, 0.15) is 11.3 Å². The van der Waals surface area contributed by atoms with Crippen molar-refractivity contribution in [2.24, 2.45) is 0 Å². The second-order valence-corrected chi connectivity index (χ2v) is 14.8. The summed E-state index contributed by atoms with van der Waals surface area (Å²) in [6.07, 6.45) is 5.81. The van der Waals surface area contributed by atoms with Crippen molar-refractivity contribution in [3.8, 4) is 5.82 Å². The smallest absolute Gasteiger partial charge is 0.199 e. The molecule has 0 unspecified atom stereocenters. The van der Waals surface area contributed by atoms with Crippen molar-refractivity contribution in [3.05, 3.63) is 39.9 Å². The third-order valence-electron chi connectivity index (χ3n) is 4.18. The molecule has 136 valence electrons. The van der Waals surface area contributed by atoms with E-state index in [1.54, 1.807) is 11.8 Å². The van der Waals surface area contributed by atoms with E-state index >= 15 is 0 Å². The molecule has 0 spiro atoms. The fourth-order valence-corrected chi connectivity index (χ4v) is 5.06. The maximum atomic E-state index is 12.4. The standard InChI is InChI=1S/C17H25N3O2S2Si/c1-23-15-9-20(14-11-24-10-13(14)17(15)21)16-5-6-19(18-16)12-22-7-8-25(2,3)4/h5-6,9H,7-8,10-12H2,1-4H3. The lowest BCUT2D eigenvalue weighted by Gasteiger charge is -2.15. The van der Waals surface area contributed by atoms with Crippen molar-refractivity contribution >= 4 is 31.6 Å². The lowest BCUT2D eigenvalue weighted by Crippen LogP contribution is -2.22. The van der Waals surface area contributed by atoms with E-state index in [0.717, 1.165) is 46.1 Å². The van der Waals surface area contributed by atoms with Crippen molar-refractivity contribution in [3.63, 3.8) is 0 Å². The number of thioether (sulfide) groups is 2. The van der Waals surface area contributed by atoms with Crippen molar-refractivity contribution in [1.29, 1.82) is 0 Å². The van der Waals surface area contributed by atoms with Gasteiger partial charge in [0.15, 0.2) is 11.2 Å². The predicted octanol–water partition coefficient (Wildman–Crippen LogP) is 3.82. The molecule has 1 aliphatic heterocycles. The third-order valence-corrected chi connectivity index (χ3v) is 7.59. The van der Waals surface area contributed by atoms with Crippen molar-refractivity contribution in [2.45, 2.75) is 48.8 Å². The van der Waals surface area contributed by atoms with E-state index in [9.17, 15) is 4.79 Å². The Morgan fingerprint density at radius 2 is 2.16 bits per heavy atom. The van der Waals surface area contributed by atoms with Gasteiger partial charge in [-0.2, -0.15) is 16.9 Å². The van der Waals surface area contributed by atoms with E-state index in [1.165, 1.54) is 11.8 Å². The molecule has 0 bridgehead atoms. The van der Waals surface area contributed by atoms with Gasteiger partial charge in [-0.3, -0.25) is 4.79 Å². The van der Waals surface area contributed by atoms with Gasteiger partial charge in [0, 0.05) is 55.9 Å². The minimum atomic E-state index is -1.06. The highest BCUT2D eigenvalue weighted by Crippen LogP contribution is 2.30. The first-order valence-electron chi connectivity index (χ1n) is 8.40. The number of hydrogen-bond donors (Lipinski definition) is 0. The molecule has 2 aromatic rings. The van der Waals surface area contributed by atoms with Gasteiger partial charge in [0.25, 0.3) is 0 Å². The maximum absolute atomic E-state index is 12.4. The normalized spacial score (nSPS) is 14.1. The summed E-state index contributed by atoms with van der Waals surface area (Å²) in [5.41, 5.74) is 2.19. The first-order valence-corrected chi connectivity index (χ1v) is 14.5. The first-order chi connectivity index (χ1) is 11.9. The van der Waals surface area contributed by atoms with Gasteiger partial charge in [-0.25, -0.2) is 4.68 Å². The van der Waals surface area contributed by atoms with Gasteiger partial charge in [-0.1, -0.05) is 19.6 Å². The Morgan fingerprint density at radius 1 is 1.36 bits per heavy atom. The van der Waals surface area contributed by atoms with Gasteiger partial charge in [-0.05, 0) is 12.3 Å². The van der Waals surface area contributed by atoms with Crippen LogP contribution in [0.5, 0.6) is 0 Å². The Labute approximate surface area is 158 Å². The van der Waals surface area contributed by atoms with Crippen molar-refractivity contribution in [1.82, 2.24) is 14.3 Å². The summed E-state index contributed by atoms with van der Waals surface area (Å²) >= 11 is 3.28. The minimum absolute atomic E-state index is 0.179. The van der Waals surface area contributed by atoms with Gasteiger partial charge in [0.1, 0.15) is 6.73 Å². The van der Waals surface area contributed by atoms with Gasteiger partial charge in [0.05, 0.1) is 4.90 Å². The fraction of sp³-hybridized carbons (Fsp3) is 0.529. The third kappa shape index (κ3) is 4.42. The molecule has 25 heavy (non-hydrogen) atoms. The van der Waals surface area contributed by atoms with E-state index in [2.05, 4.69) is 29.3 Å². The molecule has 0 aliphatic carbocycles. The topological polar surface area (TPSA) is 49.0 Å². The average Bonchev–Trinajstić information content (AvgIpc) is 3.21. The highest BCUT2D eigenvalue weighted by atomic mass is 32.2. The lowest BCUT2D eigenvalue weighted by molar-refractivity contribution is 0.0785. The predicted molar refractivity (Wildman–Crippen MR) is 109 cm³/mol. The van der Waals surface area contributed by atoms with Gasteiger partial charge in [0.2, 0.25) is 0 Å². The molecule has 3 rings (SSSR count). The molecule has 1 aliphatic rings. The number of aromatic nitrogens is 3. The van der Waals surface area contributed by atoms with Crippen LogP contribution in [0.25, 0.3) is 5.82 Å². The highest BCUT2D eigenvalue weighted by molar-refractivity contribution is 7.98. The summed E-state index contributed by atoms with van der Waals surface area (Å²) in [6, 6.07) is 3.14. The van der Waals surface area contributed by atoms with Crippen LogP contribution in [0.3, 0.4) is 0 Å². The molecule has 0 radical (unpaired) electrons. The minimum Gasteiger partial charge on any atom is -0.360 e. The summed E-state index contributed by atoms with van der Waals surface area (Å²) in [5, 5.41) is 4.64. The zero-order chi connectivity index (χ0) is 18.0. The summed E-state index contributed by atoms with van der Waals surface area (Å²) in [4.78, 5) is 13.2. The van der Waals surface area contributed by atoms with Crippen LogP contribution in [0.4, 0.5) is 0 Å². The average molecular weight is 396 g/mol. The van der Waals surface area contributed by atoms with Crippen LogP contribution in [0.15, 0.2) is 28.2 Å². The Balaban J connectivity index is 1.77. The molecule has 0 N–H and O–H groups in total. The number of rotatable bonds is 7. The maximum Gasteiger partial charge on any atom is 0.199 e. The van der Waals surface area contributed by atoms with Crippen molar-refractivity contribution in [2.75, 3.05) is 12.9 Å². The molecule has 8 heteroatoms. The Kier molecular flexibility index (Phi) is 5.82. The van der Waals surface area contributed by atoms with E-state index < -0.39 is 8.07 Å². The van der Waals surface area contributed by atoms with Crippen LogP contribution in [-0.4, -0.2) is 35.3 Å². The zero-order valence-corrected chi connectivity index (χ0v) is 17.9. The number of fused-ring (bicyclic) bond motifs is 1. The van der Waals surface area contributed by atoms with E-state index in [1.807, 2.05) is 29.4 Å². The Hall–Kier alpha value is -0.963. The first kappa shape index (κ1) is 18.8. The largest absolute Gasteiger partial charge is 0.360 e. The van der Waals surface area contributed by atoms with E-state index in [0.29, 0.717) is 6.73 Å². The van der Waals surface area contributed by atoms with E-state index in [-0.39, 0.29) is 5.43 Å². The number of hydrogen-bond acceptors (Lipinski definition) is 5. The SMILES string of the molecule is CSc1cn(-c2ccn(COCC[Si](C)(C)C)n2)c2c(c1=O)CSC2. The van der Waals surface area contributed by atoms with E-state index in [4.69, 9.17) is 4.74 Å². The fourth-order valence-electron chi connectivity index (χ4n) is 2.67. The van der Waals surface area contributed by atoms with Crippen LogP contribution >= 0.6 is 23.5 Å². The molecule has 0 fully saturated rings. The monoisotopic (exact) mass is 395 g/mol. The zero-order valence-electron chi connectivity index (χ0n) is 15.2. The summed E-state index contributed by atoms with van der Waals surface area (Å²) in [5.74, 6) is 2.50. The molecule has 5 nitrogen and oxygen atoms in total. The van der Waals surface area contributed by atoms with Crippen LogP contribution in [0, 0.1) is 0 Å². The van der Waals surface area contributed by atoms with Gasteiger partial charge >= 0.3 is 0 Å². The molecule has 3 heterocycles. The quantitative estimate of drug-likeness (QED) is 0.405. The summed E-state index contributed by atoms with van der Waals surface area (Å²) < 4.78 is 9.66. The molecular formula is C17H25N3O2S2Si. The van der Waals surface area contributed by atoms with Gasteiger partial charge in [-0.15, -0.1) is 11.8 Å². The van der Waals surface area contributed by atoms with Crippen LogP contribution in [0.2, 0.25) is 25.7 Å². The van der Waals surface area contributed by atoms with Crippen LogP contribution in [-0.2, 0) is 23.0 Å². The number of nitrogens with zero attached hydrogens (tertiary/aromatic N) is 3. The summed E-state index contributed by atoms with van der Waals surface area (Å²) in [6.45, 7) is 8.30. The number of pyridine rings is 1. The molecule has 0 amide bonds. The molecule has 0 aromatic carbocycles. The summed E-state index contributed by atoms with van der Waals surface area (Å²) in [7, 11) is -1.06. The van der Waals surface area contributed by atoms with Crippen LogP contribution < -0.4 is 5.43 Å². The highest BCUT2D eigenvalue weighted by Gasteiger charge is 2.22. The lowest BCUT2D eigenvalue weighted by atomic mass is 10.2. The molecule has 0 saturated carbocycles. The second kappa shape index (κ2) is 7.73.